The molecule has 9 heteroatoms. The molecule has 160 valence electrons. The Labute approximate surface area is 189 Å². The third-order valence-corrected chi connectivity index (χ3v) is 5.94. The molecule has 2 heterocycles. The van der Waals surface area contributed by atoms with Crippen molar-refractivity contribution < 1.29 is 9.26 Å². The van der Waals surface area contributed by atoms with E-state index in [9.17, 15) is 0 Å². The highest BCUT2D eigenvalue weighted by Crippen LogP contribution is 2.37. The smallest absolute Gasteiger partial charge is 0.239 e. The first-order valence-electron chi connectivity index (χ1n) is 10.0. The Morgan fingerprint density at radius 1 is 1.10 bits per heavy atom. The van der Waals surface area contributed by atoms with Gasteiger partial charge in [0.15, 0.2) is 16.8 Å². The fourth-order valence-corrected chi connectivity index (χ4v) is 4.16. The highest BCUT2D eigenvalue weighted by atomic mass is 35.5. The zero-order chi connectivity index (χ0) is 21.8. The minimum Gasteiger partial charge on any atom is -0.494 e. The van der Waals surface area contributed by atoms with E-state index in [-0.39, 0.29) is 5.25 Å². The number of halogens is 1. The van der Waals surface area contributed by atoms with Gasteiger partial charge in [0, 0.05) is 17.7 Å². The average molecular weight is 456 g/mol. The normalized spacial score (nSPS) is 12.1. The zero-order valence-corrected chi connectivity index (χ0v) is 19.0. The fraction of sp³-hybridized carbons (Fsp3) is 0.273. The van der Waals surface area contributed by atoms with Gasteiger partial charge in [-0.3, -0.25) is 4.57 Å². The summed E-state index contributed by atoms with van der Waals surface area (Å²) in [4.78, 5) is 4.44. The van der Waals surface area contributed by atoms with Crippen molar-refractivity contribution in [2.75, 3.05) is 6.61 Å². The first-order valence-corrected chi connectivity index (χ1v) is 11.3. The maximum Gasteiger partial charge on any atom is 0.239 e. The van der Waals surface area contributed by atoms with Crippen LogP contribution in [0.2, 0.25) is 5.02 Å². The molecule has 0 radical (unpaired) electrons. The van der Waals surface area contributed by atoms with Crippen molar-refractivity contribution in [3.63, 3.8) is 0 Å². The lowest BCUT2D eigenvalue weighted by Gasteiger charge is -2.13. The molecule has 0 bridgehead atoms. The van der Waals surface area contributed by atoms with Gasteiger partial charge >= 0.3 is 0 Å². The molecule has 1 atom stereocenters. The van der Waals surface area contributed by atoms with Crippen molar-refractivity contribution >= 4 is 23.4 Å². The molecule has 7 nitrogen and oxygen atoms in total. The third kappa shape index (κ3) is 4.60. The highest BCUT2D eigenvalue weighted by Gasteiger charge is 2.23. The van der Waals surface area contributed by atoms with E-state index >= 15 is 0 Å². The largest absolute Gasteiger partial charge is 0.494 e. The van der Waals surface area contributed by atoms with Crippen molar-refractivity contribution in [1.82, 2.24) is 24.9 Å². The van der Waals surface area contributed by atoms with Gasteiger partial charge in [0.25, 0.3) is 0 Å². The van der Waals surface area contributed by atoms with Crippen LogP contribution in [0.1, 0.15) is 37.7 Å². The first-order chi connectivity index (χ1) is 15.1. The molecule has 0 spiro atoms. The molecule has 31 heavy (non-hydrogen) atoms. The Balaban J connectivity index is 1.75. The van der Waals surface area contributed by atoms with Crippen LogP contribution >= 0.6 is 23.4 Å². The Morgan fingerprint density at radius 2 is 1.87 bits per heavy atom. The summed E-state index contributed by atoms with van der Waals surface area (Å²) in [5.41, 5.74) is 1.70. The molecule has 0 aliphatic carbocycles. The van der Waals surface area contributed by atoms with Crippen LogP contribution in [0.3, 0.4) is 0 Å². The SMILES string of the molecule is CCOc1ccc(-n2c(SC(C)c3nc(CC)no3)nnc2-c2ccccc2Cl)cc1. The summed E-state index contributed by atoms with van der Waals surface area (Å²) in [7, 11) is 0. The fourth-order valence-electron chi connectivity index (χ4n) is 3.04. The van der Waals surface area contributed by atoms with Crippen molar-refractivity contribution in [3.8, 4) is 22.8 Å². The molecule has 4 aromatic rings. The number of hydrogen-bond donors (Lipinski definition) is 0. The van der Waals surface area contributed by atoms with Crippen molar-refractivity contribution in [1.29, 1.82) is 0 Å². The van der Waals surface area contributed by atoms with Gasteiger partial charge in [-0.05, 0) is 50.2 Å². The van der Waals surface area contributed by atoms with Crippen molar-refractivity contribution in [2.45, 2.75) is 37.6 Å². The summed E-state index contributed by atoms with van der Waals surface area (Å²) in [6.45, 7) is 6.56. The van der Waals surface area contributed by atoms with Gasteiger partial charge in [-0.2, -0.15) is 4.98 Å². The molecular formula is C22H22ClN5O2S. The van der Waals surface area contributed by atoms with Gasteiger partial charge in [-0.25, -0.2) is 0 Å². The molecule has 0 aliphatic rings. The molecule has 0 amide bonds. The van der Waals surface area contributed by atoms with Crippen LogP contribution in [-0.2, 0) is 6.42 Å². The first kappa shape index (κ1) is 21.4. The monoisotopic (exact) mass is 455 g/mol. The number of benzene rings is 2. The van der Waals surface area contributed by atoms with Crippen LogP contribution in [0.5, 0.6) is 5.75 Å². The number of ether oxygens (including phenoxy) is 1. The molecule has 2 aromatic heterocycles. The molecule has 4 rings (SSSR count). The Kier molecular flexibility index (Phi) is 6.58. The van der Waals surface area contributed by atoms with Gasteiger partial charge in [-0.1, -0.05) is 47.6 Å². The highest BCUT2D eigenvalue weighted by molar-refractivity contribution is 7.99. The molecular weight excluding hydrogens is 434 g/mol. The lowest BCUT2D eigenvalue weighted by atomic mass is 10.2. The van der Waals surface area contributed by atoms with E-state index in [0.29, 0.717) is 34.3 Å². The van der Waals surface area contributed by atoms with Crippen LogP contribution in [0.4, 0.5) is 0 Å². The van der Waals surface area contributed by atoms with Crippen LogP contribution in [0.25, 0.3) is 17.1 Å². The van der Waals surface area contributed by atoms with Gasteiger partial charge in [0.2, 0.25) is 5.89 Å². The molecule has 0 fully saturated rings. The van der Waals surface area contributed by atoms with E-state index in [1.807, 2.05) is 73.9 Å². The van der Waals surface area contributed by atoms with E-state index in [2.05, 4.69) is 20.3 Å². The summed E-state index contributed by atoms with van der Waals surface area (Å²) >= 11 is 7.97. The molecule has 1 unspecified atom stereocenters. The summed E-state index contributed by atoms with van der Waals surface area (Å²) in [5.74, 6) is 2.71. The third-order valence-electron chi connectivity index (χ3n) is 4.58. The van der Waals surface area contributed by atoms with Gasteiger partial charge < -0.3 is 9.26 Å². The second kappa shape index (κ2) is 9.53. The summed E-state index contributed by atoms with van der Waals surface area (Å²) < 4.78 is 13.0. The number of nitrogens with zero attached hydrogens (tertiary/aromatic N) is 5. The predicted octanol–water partition coefficient (Wildman–Crippen LogP) is 5.79. The summed E-state index contributed by atoms with van der Waals surface area (Å²) in [6, 6.07) is 15.4. The maximum atomic E-state index is 6.47. The second-order valence-electron chi connectivity index (χ2n) is 6.71. The summed E-state index contributed by atoms with van der Waals surface area (Å²) in [6.07, 6.45) is 0.722. The predicted molar refractivity (Wildman–Crippen MR) is 121 cm³/mol. The second-order valence-corrected chi connectivity index (χ2v) is 8.43. The van der Waals surface area contributed by atoms with E-state index in [4.69, 9.17) is 20.9 Å². The molecule has 0 saturated carbocycles. The van der Waals surface area contributed by atoms with E-state index in [1.165, 1.54) is 11.8 Å². The number of aryl methyl sites for hydroxylation is 1. The van der Waals surface area contributed by atoms with Crippen molar-refractivity contribution in [3.05, 3.63) is 65.3 Å². The summed E-state index contributed by atoms with van der Waals surface area (Å²) in [5, 5.41) is 14.1. The van der Waals surface area contributed by atoms with E-state index < -0.39 is 0 Å². The van der Waals surface area contributed by atoms with E-state index in [1.54, 1.807) is 0 Å². The minimum absolute atomic E-state index is 0.0995. The standard InChI is InChI=1S/C22H22ClN5O2S/c1-4-19-24-21(30-27-19)14(3)31-22-26-25-20(17-8-6-7-9-18(17)23)28(22)15-10-12-16(13-11-15)29-5-2/h6-14H,4-5H2,1-3H3. The topological polar surface area (TPSA) is 78.9 Å². The lowest BCUT2D eigenvalue weighted by Crippen LogP contribution is -2.02. The van der Waals surface area contributed by atoms with Gasteiger partial charge in [0.1, 0.15) is 5.75 Å². The van der Waals surface area contributed by atoms with Crippen LogP contribution in [0, 0.1) is 0 Å². The van der Waals surface area contributed by atoms with Crippen molar-refractivity contribution in [2.24, 2.45) is 0 Å². The maximum absolute atomic E-state index is 6.47. The number of aromatic nitrogens is 5. The molecule has 0 aliphatic heterocycles. The number of hydrogen-bond acceptors (Lipinski definition) is 7. The Morgan fingerprint density at radius 3 is 2.55 bits per heavy atom. The quantitative estimate of drug-likeness (QED) is 0.311. The van der Waals surface area contributed by atoms with Gasteiger partial charge in [-0.15, -0.1) is 10.2 Å². The molecule has 0 N–H and O–H groups in total. The van der Waals surface area contributed by atoms with E-state index in [0.717, 1.165) is 23.4 Å². The molecule has 2 aromatic carbocycles. The minimum atomic E-state index is -0.0995. The molecule has 0 saturated heterocycles. The zero-order valence-electron chi connectivity index (χ0n) is 17.4. The Hall–Kier alpha value is -2.84. The van der Waals surface area contributed by atoms with Crippen LogP contribution in [-0.4, -0.2) is 31.5 Å². The average Bonchev–Trinajstić information content (AvgIpc) is 3.42. The Bertz CT molecular complexity index is 1160. The number of rotatable bonds is 8. The van der Waals surface area contributed by atoms with Gasteiger partial charge in [0.05, 0.1) is 16.9 Å². The number of thioether (sulfide) groups is 1. The van der Waals surface area contributed by atoms with Crippen LogP contribution in [0.15, 0.2) is 58.2 Å². The lowest BCUT2D eigenvalue weighted by molar-refractivity contribution is 0.340. The van der Waals surface area contributed by atoms with Crippen LogP contribution < -0.4 is 4.74 Å².